The SMILES string of the molecule is COc1ccc(C2CN(C(=O)CC3CCN(C#N)C3)C2)cc1/C(N)=C/C=N. The maximum atomic E-state index is 12.5. The van der Waals surface area contributed by atoms with Crippen molar-refractivity contribution in [1.29, 1.82) is 10.7 Å². The Morgan fingerprint density at radius 2 is 2.22 bits per heavy atom. The lowest BCUT2D eigenvalue weighted by atomic mass is 9.89. The Morgan fingerprint density at radius 1 is 1.44 bits per heavy atom. The normalized spacial score (nSPS) is 20.1. The number of hydrogen-bond acceptors (Lipinski definition) is 6. The van der Waals surface area contributed by atoms with E-state index in [1.807, 2.05) is 23.1 Å². The average molecular weight is 367 g/mol. The van der Waals surface area contributed by atoms with Crippen LogP contribution in [-0.4, -0.2) is 55.2 Å². The summed E-state index contributed by atoms with van der Waals surface area (Å²) in [5, 5.41) is 16.1. The Hall–Kier alpha value is -3.01. The number of carbonyl (C=O) groups excluding carboxylic acids is 1. The predicted molar refractivity (Wildman–Crippen MR) is 103 cm³/mol. The van der Waals surface area contributed by atoms with Crippen LogP contribution in [0.1, 0.15) is 29.9 Å². The lowest BCUT2D eigenvalue weighted by Gasteiger charge is -2.40. The van der Waals surface area contributed by atoms with Gasteiger partial charge in [0.05, 0.1) is 7.11 Å². The average Bonchev–Trinajstić information content (AvgIpc) is 3.08. The number of nitrogens with one attached hydrogen (secondary N) is 1. The highest BCUT2D eigenvalue weighted by Gasteiger charge is 2.34. The van der Waals surface area contributed by atoms with Gasteiger partial charge in [-0.2, -0.15) is 5.26 Å². The maximum absolute atomic E-state index is 12.5. The van der Waals surface area contributed by atoms with Crippen LogP contribution < -0.4 is 10.5 Å². The number of hydrogen-bond donors (Lipinski definition) is 2. The quantitative estimate of drug-likeness (QED) is 0.589. The van der Waals surface area contributed by atoms with Crippen LogP contribution >= 0.6 is 0 Å². The summed E-state index contributed by atoms with van der Waals surface area (Å²) in [6, 6.07) is 5.88. The van der Waals surface area contributed by atoms with Gasteiger partial charge in [0, 0.05) is 56.0 Å². The zero-order chi connectivity index (χ0) is 19.4. The smallest absolute Gasteiger partial charge is 0.222 e. The van der Waals surface area contributed by atoms with Crippen molar-refractivity contribution in [2.75, 3.05) is 33.3 Å². The van der Waals surface area contributed by atoms with Gasteiger partial charge >= 0.3 is 0 Å². The molecule has 0 aromatic heterocycles. The van der Waals surface area contributed by atoms with Crippen LogP contribution in [0.4, 0.5) is 0 Å². The first-order valence-electron chi connectivity index (χ1n) is 9.12. The minimum absolute atomic E-state index is 0.174. The van der Waals surface area contributed by atoms with Gasteiger partial charge in [0.1, 0.15) is 5.75 Å². The summed E-state index contributed by atoms with van der Waals surface area (Å²) in [5.74, 6) is 1.42. The molecule has 7 heteroatoms. The number of benzene rings is 1. The van der Waals surface area contributed by atoms with Gasteiger partial charge in [-0.15, -0.1) is 0 Å². The van der Waals surface area contributed by atoms with Crippen LogP contribution in [0.15, 0.2) is 24.3 Å². The molecule has 0 radical (unpaired) electrons. The molecule has 1 amide bonds. The van der Waals surface area contributed by atoms with Gasteiger partial charge in [-0.1, -0.05) is 6.07 Å². The Balaban J connectivity index is 1.60. The van der Waals surface area contributed by atoms with Crippen molar-refractivity contribution in [2.24, 2.45) is 11.7 Å². The molecule has 2 saturated heterocycles. The molecule has 3 N–H and O–H groups in total. The minimum atomic E-state index is 0.174. The lowest BCUT2D eigenvalue weighted by molar-refractivity contribution is -0.136. The molecule has 0 bridgehead atoms. The first-order chi connectivity index (χ1) is 13.0. The van der Waals surface area contributed by atoms with E-state index >= 15 is 0 Å². The summed E-state index contributed by atoms with van der Waals surface area (Å²) >= 11 is 0. The summed E-state index contributed by atoms with van der Waals surface area (Å²) < 4.78 is 5.36. The number of carbonyl (C=O) groups is 1. The second-order valence-corrected chi connectivity index (χ2v) is 7.15. The van der Waals surface area contributed by atoms with Gasteiger partial charge in [-0.25, -0.2) is 0 Å². The highest BCUT2D eigenvalue weighted by atomic mass is 16.5. The van der Waals surface area contributed by atoms with E-state index in [0.717, 1.165) is 30.3 Å². The number of methoxy groups -OCH3 is 1. The molecule has 2 heterocycles. The van der Waals surface area contributed by atoms with E-state index in [1.165, 1.54) is 6.08 Å². The third-order valence-electron chi connectivity index (χ3n) is 5.39. The number of likely N-dealkylation sites (tertiary alicyclic amines) is 2. The Labute approximate surface area is 159 Å². The third-order valence-corrected chi connectivity index (χ3v) is 5.39. The van der Waals surface area contributed by atoms with Crippen molar-refractivity contribution in [3.05, 3.63) is 35.4 Å². The van der Waals surface area contributed by atoms with E-state index in [2.05, 4.69) is 6.19 Å². The summed E-state index contributed by atoms with van der Waals surface area (Å²) in [5.41, 5.74) is 8.41. The fourth-order valence-electron chi connectivity index (χ4n) is 3.74. The first kappa shape index (κ1) is 18.8. The Bertz CT molecular complexity index is 792. The second-order valence-electron chi connectivity index (χ2n) is 7.15. The van der Waals surface area contributed by atoms with E-state index < -0.39 is 0 Å². The summed E-state index contributed by atoms with van der Waals surface area (Å²) in [6.45, 7) is 2.86. The largest absolute Gasteiger partial charge is 0.496 e. The highest BCUT2D eigenvalue weighted by Crippen LogP contribution is 2.33. The van der Waals surface area contributed by atoms with Crippen molar-refractivity contribution in [2.45, 2.75) is 18.8 Å². The fourth-order valence-corrected chi connectivity index (χ4v) is 3.74. The standard InChI is InChI=1S/C20H25N5O2/c1-27-19-3-2-15(9-17(19)18(23)4-6-21)16-11-25(12-16)20(26)8-14-5-7-24(10-14)13-22/h2-4,6,9,14,16,21H,5,7-8,10-12,23H2,1H3/b18-4-,21-6?. The Morgan fingerprint density at radius 3 is 2.85 bits per heavy atom. The van der Waals surface area contributed by atoms with Crippen LogP contribution in [0.2, 0.25) is 0 Å². The number of ether oxygens (including phenoxy) is 1. The van der Waals surface area contributed by atoms with Crippen molar-refractivity contribution in [1.82, 2.24) is 9.80 Å². The number of amides is 1. The van der Waals surface area contributed by atoms with Gasteiger partial charge in [0.2, 0.25) is 5.91 Å². The maximum Gasteiger partial charge on any atom is 0.222 e. The van der Waals surface area contributed by atoms with Crippen LogP contribution in [0, 0.1) is 22.8 Å². The molecule has 0 saturated carbocycles. The number of nitrogens with two attached hydrogens (primary N) is 1. The van der Waals surface area contributed by atoms with Crippen LogP contribution in [0.3, 0.4) is 0 Å². The molecule has 0 spiro atoms. The van der Waals surface area contributed by atoms with Gasteiger partial charge < -0.3 is 25.7 Å². The Kier molecular flexibility index (Phi) is 5.65. The lowest BCUT2D eigenvalue weighted by Crippen LogP contribution is -2.49. The molecule has 2 aliphatic rings. The molecule has 0 aliphatic carbocycles. The van der Waals surface area contributed by atoms with Gasteiger partial charge in [-0.05, 0) is 36.1 Å². The highest BCUT2D eigenvalue weighted by molar-refractivity contribution is 5.83. The zero-order valence-corrected chi connectivity index (χ0v) is 15.5. The van der Waals surface area contributed by atoms with Crippen LogP contribution in [-0.2, 0) is 4.79 Å². The van der Waals surface area contributed by atoms with Crippen molar-refractivity contribution in [3.8, 4) is 11.9 Å². The second kappa shape index (κ2) is 8.12. The number of nitriles is 1. The molecular formula is C20H25N5O2. The number of allylic oxidation sites excluding steroid dienone is 1. The van der Waals surface area contributed by atoms with E-state index in [4.69, 9.17) is 21.1 Å². The van der Waals surface area contributed by atoms with E-state index in [1.54, 1.807) is 12.0 Å². The van der Waals surface area contributed by atoms with Gasteiger partial charge in [-0.3, -0.25) is 4.79 Å². The minimum Gasteiger partial charge on any atom is -0.496 e. The monoisotopic (exact) mass is 367 g/mol. The molecule has 1 atom stereocenters. The van der Waals surface area contributed by atoms with Crippen LogP contribution in [0.5, 0.6) is 5.75 Å². The topological polar surface area (TPSA) is 106 Å². The summed E-state index contributed by atoms with van der Waals surface area (Å²) in [6.07, 6.45) is 6.28. The fraction of sp³-hybridized carbons (Fsp3) is 0.450. The van der Waals surface area contributed by atoms with Gasteiger partial charge in [0.15, 0.2) is 6.19 Å². The number of nitrogens with zero attached hydrogens (tertiary/aromatic N) is 3. The van der Waals surface area contributed by atoms with Crippen molar-refractivity contribution in [3.63, 3.8) is 0 Å². The molecular weight excluding hydrogens is 342 g/mol. The molecule has 1 aromatic rings. The van der Waals surface area contributed by atoms with Crippen molar-refractivity contribution >= 4 is 17.8 Å². The molecule has 1 aromatic carbocycles. The van der Waals surface area contributed by atoms with Gasteiger partial charge in [0.25, 0.3) is 0 Å². The molecule has 2 aliphatic heterocycles. The molecule has 3 rings (SSSR count). The third kappa shape index (κ3) is 4.05. The molecule has 27 heavy (non-hydrogen) atoms. The molecule has 2 fully saturated rings. The molecule has 142 valence electrons. The summed E-state index contributed by atoms with van der Waals surface area (Å²) in [4.78, 5) is 16.1. The molecule has 1 unspecified atom stereocenters. The van der Waals surface area contributed by atoms with Crippen molar-refractivity contribution < 1.29 is 9.53 Å². The predicted octanol–water partition coefficient (Wildman–Crippen LogP) is 1.76. The van der Waals surface area contributed by atoms with E-state index in [9.17, 15) is 4.79 Å². The first-order valence-corrected chi connectivity index (χ1v) is 9.12. The molecule has 7 nitrogen and oxygen atoms in total. The van der Waals surface area contributed by atoms with E-state index in [-0.39, 0.29) is 17.7 Å². The van der Waals surface area contributed by atoms with E-state index in [0.29, 0.717) is 37.5 Å². The summed E-state index contributed by atoms with van der Waals surface area (Å²) in [7, 11) is 1.59. The van der Waals surface area contributed by atoms with Crippen LogP contribution in [0.25, 0.3) is 5.70 Å². The number of rotatable bonds is 6. The zero-order valence-electron chi connectivity index (χ0n) is 15.5.